The Kier molecular flexibility index (Phi) is 3.66. The fourth-order valence-corrected chi connectivity index (χ4v) is 1.40. The second kappa shape index (κ2) is 4.57. The van der Waals surface area contributed by atoms with Gasteiger partial charge in [-0.2, -0.15) is 0 Å². The zero-order valence-corrected chi connectivity index (χ0v) is 6.96. The van der Waals surface area contributed by atoms with Crippen LogP contribution in [-0.2, 0) is 18.3 Å². The predicted octanol–water partition coefficient (Wildman–Crippen LogP) is 1.26. The third kappa shape index (κ3) is 3.08. The lowest BCUT2D eigenvalue weighted by Crippen LogP contribution is -2.16. The van der Waals surface area contributed by atoms with Gasteiger partial charge in [-0.1, -0.05) is 6.08 Å². The minimum atomic E-state index is -1.88. The molecule has 1 heterocycles. The summed E-state index contributed by atoms with van der Waals surface area (Å²) in [5.41, 5.74) is 0. The predicted molar refractivity (Wildman–Crippen MR) is 39.4 cm³/mol. The highest BCUT2D eigenvalue weighted by Crippen LogP contribution is 2.33. The van der Waals surface area contributed by atoms with Gasteiger partial charge in [-0.05, 0) is 0 Å². The summed E-state index contributed by atoms with van der Waals surface area (Å²) in [7, 11) is -1.88. The molecule has 0 spiro atoms. The van der Waals surface area contributed by atoms with E-state index in [-0.39, 0.29) is 6.10 Å². The van der Waals surface area contributed by atoms with Crippen molar-refractivity contribution < 1.29 is 18.3 Å². The van der Waals surface area contributed by atoms with Crippen LogP contribution in [0.1, 0.15) is 0 Å². The maximum atomic E-state index is 10.5. The summed E-state index contributed by atoms with van der Waals surface area (Å²) in [4.78, 5) is 0. The van der Waals surface area contributed by atoms with Gasteiger partial charge in [0.05, 0.1) is 13.2 Å². The lowest BCUT2D eigenvalue weighted by Gasteiger charge is -2.00. The minimum absolute atomic E-state index is 0.182. The van der Waals surface area contributed by atoms with Crippen LogP contribution in [0.3, 0.4) is 0 Å². The van der Waals surface area contributed by atoms with Crippen molar-refractivity contribution in [2.24, 2.45) is 0 Å². The number of hydrogen-bond acceptors (Lipinski definition) is 4. The third-order valence-electron chi connectivity index (χ3n) is 1.14. The summed E-state index contributed by atoms with van der Waals surface area (Å²) < 4.78 is 25.1. The van der Waals surface area contributed by atoms with E-state index in [0.717, 1.165) is 0 Å². The Morgan fingerprint density at radius 3 is 3.18 bits per heavy atom. The lowest BCUT2D eigenvalue weighted by atomic mass is 10.4. The minimum Gasteiger partial charge on any atom is -0.374 e. The lowest BCUT2D eigenvalue weighted by molar-refractivity contribution is 0.0765. The van der Waals surface area contributed by atoms with Crippen LogP contribution in [-0.4, -0.2) is 25.9 Å². The quantitative estimate of drug-likeness (QED) is 0.368. The summed E-state index contributed by atoms with van der Waals surface area (Å²) >= 11 is 0. The number of hydrogen-bond donors (Lipinski definition) is 0. The first kappa shape index (κ1) is 8.81. The van der Waals surface area contributed by atoms with Crippen LogP contribution in [0, 0.1) is 0 Å². The molecule has 0 saturated carbocycles. The maximum absolute atomic E-state index is 10.5. The molecule has 0 aromatic carbocycles. The summed E-state index contributed by atoms with van der Waals surface area (Å²) in [6, 6.07) is 0. The Balaban J connectivity index is 2.08. The van der Waals surface area contributed by atoms with Gasteiger partial charge in [-0.15, -0.1) is 15.6 Å². The van der Waals surface area contributed by atoms with E-state index in [0.29, 0.717) is 19.8 Å². The average molecular weight is 177 g/mol. The van der Waals surface area contributed by atoms with Crippen molar-refractivity contribution in [2.75, 3.05) is 19.8 Å². The monoisotopic (exact) mass is 177 g/mol. The molecule has 5 heteroatoms. The van der Waals surface area contributed by atoms with Gasteiger partial charge < -0.3 is 4.74 Å². The molecule has 4 nitrogen and oxygen atoms in total. The van der Waals surface area contributed by atoms with Gasteiger partial charge in [0, 0.05) is 4.57 Å². The highest BCUT2D eigenvalue weighted by Gasteiger charge is 2.37. The van der Waals surface area contributed by atoms with E-state index in [1.165, 1.54) is 0 Å². The van der Waals surface area contributed by atoms with Crippen LogP contribution in [0.4, 0.5) is 0 Å². The first-order valence-corrected chi connectivity index (χ1v) is 4.38. The second-order valence-electron chi connectivity index (χ2n) is 2.07. The molecule has 2 atom stereocenters. The first-order valence-electron chi connectivity index (χ1n) is 3.28. The zero-order valence-electron chi connectivity index (χ0n) is 6.06. The maximum Gasteiger partial charge on any atom is 0.697 e. The molecule has 11 heavy (non-hydrogen) atoms. The summed E-state index contributed by atoms with van der Waals surface area (Å²) in [5, 5.41) is 0. The van der Waals surface area contributed by atoms with Crippen molar-refractivity contribution in [1.29, 1.82) is 0 Å². The van der Waals surface area contributed by atoms with E-state index < -0.39 is 8.25 Å². The Labute approximate surface area is 66.1 Å². The van der Waals surface area contributed by atoms with Gasteiger partial charge in [0.15, 0.2) is 6.10 Å². The smallest absolute Gasteiger partial charge is 0.374 e. The third-order valence-corrected chi connectivity index (χ3v) is 1.97. The standard InChI is InChI=1S/C6H10O4P/c1-2-3-8-4-6-5-9-11(7)10-6/h2,6H,1,3-5H2/q+1. The van der Waals surface area contributed by atoms with Gasteiger partial charge in [0.2, 0.25) is 0 Å². The van der Waals surface area contributed by atoms with Gasteiger partial charge in [0.1, 0.15) is 6.61 Å². The van der Waals surface area contributed by atoms with E-state index in [1.807, 2.05) is 0 Å². The molecule has 1 aliphatic heterocycles. The van der Waals surface area contributed by atoms with Gasteiger partial charge in [-0.3, -0.25) is 0 Å². The number of ether oxygens (including phenoxy) is 1. The Morgan fingerprint density at radius 1 is 1.82 bits per heavy atom. The summed E-state index contributed by atoms with van der Waals surface area (Å²) in [5.74, 6) is 0. The van der Waals surface area contributed by atoms with Crippen LogP contribution < -0.4 is 0 Å². The van der Waals surface area contributed by atoms with Crippen LogP contribution in [0.2, 0.25) is 0 Å². The van der Waals surface area contributed by atoms with Gasteiger partial charge in [0.25, 0.3) is 0 Å². The SMILES string of the molecule is C=CCOCC1CO[P+](=O)O1. The molecule has 2 unspecified atom stereocenters. The zero-order chi connectivity index (χ0) is 8.10. The summed E-state index contributed by atoms with van der Waals surface area (Å²) in [6.07, 6.45) is 1.47. The molecular formula is C6H10O4P+. The molecule has 0 amide bonds. The molecule has 1 saturated heterocycles. The van der Waals surface area contributed by atoms with E-state index in [2.05, 4.69) is 11.1 Å². The Morgan fingerprint density at radius 2 is 2.64 bits per heavy atom. The molecule has 0 bridgehead atoms. The molecule has 0 N–H and O–H groups in total. The molecule has 0 aromatic rings. The van der Waals surface area contributed by atoms with Crippen molar-refractivity contribution in [3.05, 3.63) is 12.7 Å². The molecule has 0 radical (unpaired) electrons. The van der Waals surface area contributed by atoms with Gasteiger partial charge in [-0.25, -0.2) is 0 Å². The van der Waals surface area contributed by atoms with Crippen molar-refractivity contribution in [2.45, 2.75) is 6.10 Å². The van der Waals surface area contributed by atoms with Crippen molar-refractivity contribution in [3.63, 3.8) is 0 Å². The topological polar surface area (TPSA) is 44.8 Å². The average Bonchev–Trinajstić information content (AvgIpc) is 2.37. The molecule has 1 fully saturated rings. The van der Waals surface area contributed by atoms with Gasteiger partial charge >= 0.3 is 8.25 Å². The fraction of sp³-hybridized carbons (Fsp3) is 0.667. The van der Waals surface area contributed by atoms with Crippen LogP contribution >= 0.6 is 8.25 Å². The van der Waals surface area contributed by atoms with Crippen molar-refractivity contribution >= 4 is 8.25 Å². The van der Waals surface area contributed by atoms with Crippen LogP contribution in [0.5, 0.6) is 0 Å². The molecule has 0 aromatic heterocycles. The highest BCUT2D eigenvalue weighted by atomic mass is 31.1. The van der Waals surface area contributed by atoms with E-state index in [1.54, 1.807) is 6.08 Å². The molecule has 0 aliphatic carbocycles. The van der Waals surface area contributed by atoms with Crippen LogP contribution in [0.15, 0.2) is 12.7 Å². The fourth-order valence-electron chi connectivity index (χ4n) is 0.688. The molecule has 1 aliphatic rings. The first-order chi connectivity index (χ1) is 5.33. The normalized spacial score (nSPS) is 27.3. The highest BCUT2D eigenvalue weighted by molar-refractivity contribution is 7.33. The molecular weight excluding hydrogens is 167 g/mol. The van der Waals surface area contributed by atoms with Crippen molar-refractivity contribution in [3.8, 4) is 0 Å². The van der Waals surface area contributed by atoms with Crippen LogP contribution in [0.25, 0.3) is 0 Å². The summed E-state index contributed by atoms with van der Waals surface area (Å²) in [6.45, 7) is 4.73. The molecule has 1 rings (SSSR count). The number of rotatable bonds is 4. The van der Waals surface area contributed by atoms with Crippen molar-refractivity contribution in [1.82, 2.24) is 0 Å². The second-order valence-corrected chi connectivity index (χ2v) is 2.99. The molecule has 62 valence electrons. The van der Waals surface area contributed by atoms with E-state index in [9.17, 15) is 4.57 Å². The Bertz CT molecular complexity index is 159. The Hall–Kier alpha value is -0.280. The van der Waals surface area contributed by atoms with E-state index >= 15 is 0 Å². The van der Waals surface area contributed by atoms with E-state index in [4.69, 9.17) is 9.26 Å². The largest absolute Gasteiger partial charge is 0.697 e.